The Kier molecular flexibility index (Phi) is 4.94. The van der Waals surface area contributed by atoms with Gasteiger partial charge in [-0.1, -0.05) is 0 Å². The number of pyridine rings is 1. The number of aryl methyl sites for hydroxylation is 1. The Hall–Kier alpha value is -2.62. The number of likely N-dealkylation sites (tertiary alicyclic amines) is 1. The summed E-state index contributed by atoms with van der Waals surface area (Å²) in [5.74, 6) is -0.711. The van der Waals surface area contributed by atoms with Crippen LogP contribution in [0, 0.1) is 18.3 Å². The van der Waals surface area contributed by atoms with Gasteiger partial charge in [-0.15, -0.1) is 0 Å². The lowest BCUT2D eigenvalue weighted by molar-refractivity contribution is -0.144. The number of carbonyl (C=O) groups excluding carboxylic acids is 1. The van der Waals surface area contributed by atoms with E-state index in [1.165, 1.54) is 4.90 Å². The van der Waals surface area contributed by atoms with E-state index in [-0.39, 0.29) is 12.5 Å². The number of nitrogens with zero attached hydrogens (tertiary/aromatic N) is 3. The van der Waals surface area contributed by atoms with Crippen molar-refractivity contribution < 1.29 is 14.7 Å². The maximum absolute atomic E-state index is 12.4. The van der Waals surface area contributed by atoms with Crippen LogP contribution in [0.4, 0.5) is 5.82 Å². The minimum absolute atomic E-state index is 0.219. The number of rotatable bonds is 4. The Morgan fingerprint density at radius 3 is 2.95 bits per heavy atom. The van der Waals surface area contributed by atoms with Gasteiger partial charge in [-0.3, -0.25) is 9.59 Å². The van der Waals surface area contributed by atoms with Crippen molar-refractivity contribution in [2.75, 3.05) is 18.4 Å². The topological polar surface area (TPSA) is 106 Å². The van der Waals surface area contributed by atoms with Gasteiger partial charge in [0.15, 0.2) is 0 Å². The van der Waals surface area contributed by atoms with Crippen molar-refractivity contribution in [3.05, 3.63) is 23.4 Å². The van der Waals surface area contributed by atoms with Crippen molar-refractivity contribution in [1.29, 1.82) is 5.26 Å². The first-order valence-electron chi connectivity index (χ1n) is 7.16. The molecule has 1 aliphatic rings. The van der Waals surface area contributed by atoms with E-state index in [4.69, 9.17) is 10.4 Å². The first-order chi connectivity index (χ1) is 10.5. The normalized spacial score (nSPS) is 18.5. The largest absolute Gasteiger partial charge is 0.480 e. The van der Waals surface area contributed by atoms with Crippen LogP contribution in [0.1, 0.15) is 30.5 Å². The average molecular weight is 302 g/mol. The number of amides is 1. The summed E-state index contributed by atoms with van der Waals surface area (Å²) in [5.41, 5.74) is 1.08. The molecule has 2 heterocycles. The zero-order valence-corrected chi connectivity index (χ0v) is 12.4. The van der Waals surface area contributed by atoms with E-state index in [2.05, 4.69) is 10.3 Å². The van der Waals surface area contributed by atoms with E-state index >= 15 is 0 Å². The predicted molar refractivity (Wildman–Crippen MR) is 79.2 cm³/mol. The number of carbonyl (C=O) groups is 2. The summed E-state index contributed by atoms with van der Waals surface area (Å²) in [6.45, 7) is 1.91. The third kappa shape index (κ3) is 3.73. The van der Waals surface area contributed by atoms with Gasteiger partial charge in [0, 0.05) is 6.54 Å². The van der Waals surface area contributed by atoms with Gasteiger partial charge in [-0.2, -0.15) is 5.26 Å². The lowest BCUT2D eigenvalue weighted by atomic mass is 10.1. The zero-order chi connectivity index (χ0) is 16.1. The van der Waals surface area contributed by atoms with Crippen molar-refractivity contribution >= 4 is 17.7 Å². The molecule has 0 spiro atoms. The molecule has 0 aliphatic carbocycles. The standard InChI is InChI=1S/C15H18N4O3/c1-10-11(8-16)5-6-13(17-10)18-12-4-2-3-7-19(15(12)22)9-14(20)21/h5-6,12H,2-4,7,9H2,1H3,(H,17,18)(H,20,21). The van der Waals surface area contributed by atoms with Crippen molar-refractivity contribution in [2.45, 2.75) is 32.2 Å². The van der Waals surface area contributed by atoms with Crippen LogP contribution in [0.3, 0.4) is 0 Å². The molecule has 1 fully saturated rings. The van der Waals surface area contributed by atoms with Crippen molar-refractivity contribution in [3.63, 3.8) is 0 Å². The number of carboxylic acids is 1. The number of hydrogen-bond donors (Lipinski definition) is 2. The summed E-state index contributed by atoms with van der Waals surface area (Å²) < 4.78 is 0. The van der Waals surface area contributed by atoms with Gasteiger partial charge in [0.1, 0.15) is 24.5 Å². The molecule has 22 heavy (non-hydrogen) atoms. The number of anilines is 1. The predicted octanol–water partition coefficient (Wildman–Crippen LogP) is 1.14. The monoisotopic (exact) mass is 302 g/mol. The molecule has 116 valence electrons. The molecule has 2 N–H and O–H groups in total. The lowest BCUT2D eigenvalue weighted by Gasteiger charge is -2.23. The number of aliphatic carboxylic acids is 1. The summed E-state index contributed by atoms with van der Waals surface area (Å²) in [6.07, 6.45) is 2.27. The average Bonchev–Trinajstić information content (AvgIpc) is 2.63. The molecular weight excluding hydrogens is 284 g/mol. The van der Waals surface area contributed by atoms with Gasteiger partial charge < -0.3 is 15.3 Å². The Balaban J connectivity index is 2.13. The summed E-state index contributed by atoms with van der Waals surface area (Å²) in [4.78, 5) is 28.9. The van der Waals surface area contributed by atoms with Crippen LogP contribution in [0.2, 0.25) is 0 Å². The van der Waals surface area contributed by atoms with Crippen LogP contribution in [-0.2, 0) is 9.59 Å². The van der Waals surface area contributed by atoms with E-state index in [0.29, 0.717) is 30.0 Å². The summed E-state index contributed by atoms with van der Waals surface area (Å²) >= 11 is 0. The third-order valence-corrected chi connectivity index (χ3v) is 3.64. The molecule has 0 saturated carbocycles. The molecule has 0 bridgehead atoms. The van der Waals surface area contributed by atoms with Crippen LogP contribution in [0.25, 0.3) is 0 Å². The van der Waals surface area contributed by atoms with Crippen LogP contribution >= 0.6 is 0 Å². The van der Waals surface area contributed by atoms with E-state index in [0.717, 1.165) is 12.8 Å². The second kappa shape index (κ2) is 6.89. The SMILES string of the molecule is Cc1nc(NC2CCCCN(CC(=O)O)C2=O)ccc1C#N. The molecule has 1 atom stereocenters. The molecule has 1 unspecified atom stereocenters. The number of nitrogens with one attached hydrogen (secondary N) is 1. The van der Waals surface area contributed by atoms with E-state index in [9.17, 15) is 9.59 Å². The molecule has 1 amide bonds. The zero-order valence-electron chi connectivity index (χ0n) is 12.4. The smallest absolute Gasteiger partial charge is 0.323 e. The first-order valence-corrected chi connectivity index (χ1v) is 7.16. The quantitative estimate of drug-likeness (QED) is 0.863. The van der Waals surface area contributed by atoms with E-state index in [1.807, 2.05) is 6.07 Å². The van der Waals surface area contributed by atoms with E-state index in [1.54, 1.807) is 19.1 Å². The highest BCUT2D eigenvalue weighted by Gasteiger charge is 2.28. The van der Waals surface area contributed by atoms with Crippen molar-refractivity contribution in [1.82, 2.24) is 9.88 Å². The number of carboxylic acid groups (broad SMARTS) is 1. The maximum Gasteiger partial charge on any atom is 0.323 e. The van der Waals surface area contributed by atoms with Crippen LogP contribution in [-0.4, -0.2) is 46.0 Å². The van der Waals surface area contributed by atoms with Gasteiger partial charge in [-0.05, 0) is 38.3 Å². The Morgan fingerprint density at radius 2 is 2.32 bits per heavy atom. The fraction of sp³-hybridized carbons (Fsp3) is 0.467. The second-order valence-electron chi connectivity index (χ2n) is 5.29. The third-order valence-electron chi connectivity index (χ3n) is 3.64. The molecule has 1 aromatic rings. The highest BCUT2D eigenvalue weighted by Crippen LogP contribution is 2.17. The first kappa shape index (κ1) is 15.8. The van der Waals surface area contributed by atoms with Gasteiger partial charge in [-0.25, -0.2) is 4.98 Å². The fourth-order valence-electron chi connectivity index (χ4n) is 2.50. The molecule has 1 saturated heterocycles. The van der Waals surface area contributed by atoms with Gasteiger partial charge in [0.25, 0.3) is 0 Å². The molecule has 1 aromatic heterocycles. The molecule has 0 aromatic carbocycles. The minimum Gasteiger partial charge on any atom is -0.480 e. The molecule has 0 radical (unpaired) electrons. The summed E-state index contributed by atoms with van der Waals surface area (Å²) in [5, 5.41) is 20.9. The van der Waals surface area contributed by atoms with Gasteiger partial charge in [0.05, 0.1) is 11.3 Å². The highest BCUT2D eigenvalue weighted by atomic mass is 16.4. The summed E-state index contributed by atoms with van der Waals surface area (Å²) in [6, 6.07) is 4.87. The van der Waals surface area contributed by atoms with Crippen LogP contribution < -0.4 is 5.32 Å². The van der Waals surface area contributed by atoms with Crippen LogP contribution in [0.5, 0.6) is 0 Å². The molecular formula is C15H18N4O3. The number of nitriles is 1. The van der Waals surface area contributed by atoms with Gasteiger partial charge in [0.2, 0.25) is 5.91 Å². The molecule has 1 aliphatic heterocycles. The Labute approximate surface area is 128 Å². The van der Waals surface area contributed by atoms with Gasteiger partial charge >= 0.3 is 5.97 Å². The Bertz CT molecular complexity index is 624. The molecule has 7 heteroatoms. The molecule has 7 nitrogen and oxygen atoms in total. The second-order valence-corrected chi connectivity index (χ2v) is 5.29. The maximum atomic E-state index is 12.4. The number of aromatic nitrogens is 1. The minimum atomic E-state index is -1.01. The fourth-order valence-corrected chi connectivity index (χ4v) is 2.50. The lowest BCUT2D eigenvalue weighted by Crippen LogP contribution is -2.44. The Morgan fingerprint density at radius 1 is 1.55 bits per heavy atom. The molecule has 2 rings (SSSR count). The van der Waals surface area contributed by atoms with Crippen molar-refractivity contribution in [3.8, 4) is 6.07 Å². The van der Waals surface area contributed by atoms with E-state index < -0.39 is 12.0 Å². The highest BCUT2D eigenvalue weighted by molar-refractivity contribution is 5.87. The number of hydrogen-bond acceptors (Lipinski definition) is 5. The van der Waals surface area contributed by atoms with Crippen LogP contribution in [0.15, 0.2) is 12.1 Å². The summed E-state index contributed by atoms with van der Waals surface area (Å²) in [7, 11) is 0. The van der Waals surface area contributed by atoms with Crippen molar-refractivity contribution in [2.24, 2.45) is 0 Å².